The van der Waals surface area contributed by atoms with Crippen molar-refractivity contribution in [1.82, 2.24) is 4.90 Å². The lowest BCUT2D eigenvalue weighted by Crippen LogP contribution is -2.45. The number of hydrogen-bond acceptors (Lipinski definition) is 2. The first-order valence-electron chi connectivity index (χ1n) is 5.61. The highest BCUT2D eigenvalue weighted by Gasteiger charge is 2.28. The number of hydrogen-bond donors (Lipinski definition) is 1. The number of carbonyl (C=O) groups is 1. The third-order valence-electron chi connectivity index (χ3n) is 2.87. The van der Waals surface area contributed by atoms with E-state index in [1.807, 2.05) is 18.7 Å². The molecule has 0 radical (unpaired) electrons. The summed E-state index contributed by atoms with van der Waals surface area (Å²) in [6.45, 7) is 4.28. The molecule has 0 aromatic heterocycles. The van der Waals surface area contributed by atoms with Crippen LogP contribution in [0.15, 0.2) is 0 Å². The molecule has 1 rings (SSSR count). The lowest BCUT2D eigenvalue weighted by Gasteiger charge is -2.30. The van der Waals surface area contributed by atoms with Gasteiger partial charge < -0.3 is 10.6 Å². The van der Waals surface area contributed by atoms with Crippen LogP contribution in [0.1, 0.15) is 39.5 Å². The molecule has 86 valence electrons. The Labute approximate surface area is 97.0 Å². The van der Waals surface area contributed by atoms with Crippen molar-refractivity contribution in [3.8, 4) is 0 Å². The number of nitrogens with two attached hydrogens (primary N) is 1. The van der Waals surface area contributed by atoms with Gasteiger partial charge in [0.05, 0.1) is 11.5 Å². The average molecular weight is 228 g/mol. The van der Waals surface area contributed by atoms with E-state index in [4.69, 9.17) is 18.0 Å². The summed E-state index contributed by atoms with van der Waals surface area (Å²) in [7, 11) is 0. The van der Waals surface area contributed by atoms with E-state index in [0.717, 1.165) is 12.8 Å². The van der Waals surface area contributed by atoms with Crippen LogP contribution in [0.2, 0.25) is 0 Å². The van der Waals surface area contributed by atoms with Crippen LogP contribution in [0.3, 0.4) is 0 Å². The molecule has 1 amide bonds. The molecule has 1 fully saturated rings. The summed E-state index contributed by atoms with van der Waals surface area (Å²) in [5.41, 5.74) is 5.54. The highest BCUT2D eigenvalue weighted by Crippen LogP contribution is 2.24. The van der Waals surface area contributed by atoms with Gasteiger partial charge in [0.15, 0.2) is 0 Å². The molecular weight excluding hydrogens is 208 g/mol. The standard InChI is InChI=1S/C11H20N2OS/c1-8(2)11(14)13(7-10(12)15)9-5-3-4-6-9/h8-9H,3-7H2,1-2H3,(H2,12,15). The summed E-state index contributed by atoms with van der Waals surface area (Å²) in [5, 5.41) is 0. The van der Waals surface area contributed by atoms with Crippen LogP contribution in [-0.2, 0) is 4.79 Å². The summed E-state index contributed by atoms with van der Waals surface area (Å²) in [6, 6.07) is 0.362. The Bertz CT molecular complexity index is 247. The van der Waals surface area contributed by atoms with E-state index in [1.165, 1.54) is 12.8 Å². The second kappa shape index (κ2) is 5.45. The maximum absolute atomic E-state index is 12.0. The smallest absolute Gasteiger partial charge is 0.225 e. The summed E-state index contributed by atoms with van der Waals surface area (Å²) < 4.78 is 0. The number of nitrogens with zero attached hydrogens (tertiary/aromatic N) is 1. The second-order valence-electron chi connectivity index (χ2n) is 4.53. The molecule has 0 unspecified atom stereocenters. The fourth-order valence-electron chi connectivity index (χ4n) is 2.10. The van der Waals surface area contributed by atoms with Crippen LogP contribution in [0.4, 0.5) is 0 Å². The molecule has 4 heteroatoms. The molecule has 0 heterocycles. The molecule has 2 N–H and O–H groups in total. The van der Waals surface area contributed by atoms with Crippen molar-refractivity contribution in [2.24, 2.45) is 11.7 Å². The molecule has 3 nitrogen and oxygen atoms in total. The fourth-order valence-corrected chi connectivity index (χ4v) is 2.24. The van der Waals surface area contributed by atoms with Gasteiger partial charge in [-0.15, -0.1) is 0 Å². The summed E-state index contributed by atoms with van der Waals surface area (Å²) in [6.07, 6.45) is 4.62. The van der Waals surface area contributed by atoms with E-state index in [0.29, 0.717) is 17.6 Å². The molecular formula is C11H20N2OS. The van der Waals surface area contributed by atoms with Gasteiger partial charge in [0.2, 0.25) is 5.91 Å². The van der Waals surface area contributed by atoms with Crippen molar-refractivity contribution in [3.05, 3.63) is 0 Å². The van der Waals surface area contributed by atoms with E-state index in [-0.39, 0.29) is 11.8 Å². The number of rotatable bonds is 4. The lowest BCUT2D eigenvalue weighted by molar-refractivity contribution is -0.135. The summed E-state index contributed by atoms with van der Waals surface area (Å²) in [4.78, 5) is 14.3. The minimum atomic E-state index is 0.0277. The molecule has 1 aliphatic carbocycles. The van der Waals surface area contributed by atoms with E-state index in [1.54, 1.807) is 0 Å². The van der Waals surface area contributed by atoms with Gasteiger partial charge in [-0.05, 0) is 12.8 Å². The second-order valence-corrected chi connectivity index (χ2v) is 5.05. The molecule has 0 saturated heterocycles. The summed E-state index contributed by atoms with van der Waals surface area (Å²) in [5.74, 6) is 0.203. The van der Waals surface area contributed by atoms with Gasteiger partial charge in [-0.1, -0.05) is 38.9 Å². The normalized spacial score (nSPS) is 17.0. The third-order valence-corrected chi connectivity index (χ3v) is 3.00. The Morgan fingerprint density at radius 3 is 2.40 bits per heavy atom. The number of carbonyl (C=O) groups excluding carboxylic acids is 1. The Morgan fingerprint density at radius 2 is 2.00 bits per heavy atom. The zero-order valence-electron chi connectivity index (χ0n) is 9.53. The van der Waals surface area contributed by atoms with Crippen LogP contribution < -0.4 is 5.73 Å². The highest BCUT2D eigenvalue weighted by atomic mass is 32.1. The SMILES string of the molecule is CC(C)C(=O)N(CC(N)=S)C1CCCC1. The first-order valence-corrected chi connectivity index (χ1v) is 6.02. The zero-order chi connectivity index (χ0) is 11.4. The molecule has 1 saturated carbocycles. The highest BCUT2D eigenvalue weighted by molar-refractivity contribution is 7.80. The van der Waals surface area contributed by atoms with Crippen LogP contribution in [0.5, 0.6) is 0 Å². The minimum absolute atomic E-state index is 0.0277. The van der Waals surface area contributed by atoms with E-state index < -0.39 is 0 Å². The number of thiocarbonyl (C=S) groups is 1. The zero-order valence-corrected chi connectivity index (χ0v) is 10.3. The monoisotopic (exact) mass is 228 g/mol. The first-order chi connectivity index (χ1) is 7.02. The van der Waals surface area contributed by atoms with Gasteiger partial charge in [-0.3, -0.25) is 4.79 Å². The van der Waals surface area contributed by atoms with E-state index >= 15 is 0 Å². The van der Waals surface area contributed by atoms with E-state index in [2.05, 4.69) is 0 Å². The largest absolute Gasteiger partial charge is 0.392 e. The Hall–Kier alpha value is -0.640. The topological polar surface area (TPSA) is 46.3 Å². The van der Waals surface area contributed by atoms with Crippen molar-refractivity contribution in [2.45, 2.75) is 45.6 Å². The minimum Gasteiger partial charge on any atom is -0.392 e. The van der Waals surface area contributed by atoms with Gasteiger partial charge in [0.1, 0.15) is 0 Å². The molecule has 1 aliphatic rings. The third kappa shape index (κ3) is 3.45. The first kappa shape index (κ1) is 12.4. The maximum atomic E-state index is 12.0. The molecule has 0 aromatic rings. The van der Waals surface area contributed by atoms with Crippen molar-refractivity contribution in [3.63, 3.8) is 0 Å². The van der Waals surface area contributed by atoms with Crippen LogP contribution >= 0.6 is 12.2 Å². The van der Waals surface area contributed by atoms with Crippen molar-refractivity contribution >= 4 is 23.1 Å². The lowest BCUT2D eigenvalue weighted by atomic mass is 10.1. The summed E-state index contributed by atoms with van der Waals surface area (Å²) >= 11 is 4.90. The number of amides is 1. The molecule has 0 aliphatic heterocycles. The Balaban J connectivity index is 2.67. The van der Waals surface area contributed by atoms with Crippen LogP contribution in [0, 0.1) is 5.92 Å². The molecule has 0 atom stereocenters. The fraction of sp³-hybridized carbons (Fsp3) is 0.818. The molecule has 0 aromatic carbocycles. The van der Waals surface area contributed by atoms with Crippen molar-refractivity contribution in [1.29, 1.82) is 0 Å². The van der Waals surface area contributed by atoms with Crippen molar-refractivity contribution < 1.29 is 4.79 Å². The van der Waals surface area contributed by atoms with Gasteiger partial charge in [0, 0.05) is 12.0 Å². The quantitative estimate of drug-likeness (QED) is 0.745. The van der Waals surface area contributed by atoms with Gasteiger partial charge in [-0.25, -0.2) is 0 Å². The molecule has 0 bridgehead atoms. The average Bonchev–Trinajstić information content (AvgIpc) is 2.65. The molecule has 15 heavy (non-hydrogen) atoms. The van der Waals surface area contributed by atoms with Gasteiger partial charge >= 0.3 is 0 Å². The maximum Gasteiger partial charge on any atom is 0.225 e. The van der Waals surface area contributed by atoms with Crippen LogP contribution in [-0.4, -0.2) is 28.4 Å². The van der Waals surface area contributed by atoms with Crippen molar-refractivity contribution in [2.75, 3.05) is 6.54 Å². The van der Waals surface area contributed by atoms with E-state index in [9.17, 15) is 4.79 Å². The van der Waals surface area contributed by atoms with Gasteiger partial charge in [0.25, 0.3) is 0 Å². The predicted molar refractivity (Wildman–Crippen MR) is 65.6 cm³/mol. The predicted octanol–water partition coefficient (Wildman–Crippen LogP) is 1.70. The molecule has 0 spiro atoms. The Morgan fingerprint density at radius 1 is 1.47 bits per heavy atom. The Kier molecular flexibility index (Phi) is 4.51. The van der Waals surface area contributed by atoms with Gasteiger partial charge in [-0.2, -0.15) is 0 Å². The van der Waals surface area contributed by atoms with Crippen LogP contribution in [0.25, 0.3) is 0 Å².